The molecular formula is C22H25N5O4S. The van der Waals surface area contributed by atoms with Gasteiger partial charge in [0, 0.05) is 30.9 Å². The molecule has 3 aliphatic rings. The van der Waals surface area contributed by atoms with E-state index in [1.807, 2.05) is 12.1 Å². The number of rotatable bonds is 7. The van der Waals surface area contributed by atoms with Crippen LogP contribution in [0.25, 0.3) is 0 Å². The summed E-state index contributed by atoms with van der Waals surface area (Å²) in [4.78, 5) is 26.8. The van der Waals surface area contributed by atoms with Crippen molar-refractivity contribution in [3.63, 3.8) is 0 Å². The molecule has 10 heteroatoms. The lowest BCUT2D eigenvalue weighted by atomic mass is 9.97. The van der Waals surface area contributed by atoms with Gasteiger partial charge in [-0.1, -0.05) is 11.8 Å². The Kier molecular flexibility index (Phi) is 6.02. The lowest BCUT2D eigenvalue weighted by Gasteiger charge is -2.32. The van der Waals surface area contributed by atoms with E-state index in [2.05, 4.69) is 25.7 Å². The van der Waals surface area contributed by atoms with Crippen LogP contribution in [-0.4, -0.2) is 53.7 Å². The van der Waals surface area contributed by atoms with Crippen LogP contribution in [0.5, 0.6) is 11.5 Å². The molecule has 0 bridgehead atoms. The number of nitrogens with zero attached hydrogens (tertiary/aromatic N) is 3. The topological polar surface area (TPSA) is 106 Å². The Morgan fingerprint density at radius 2 is 1.97 bits per heavy atom. The van der Waals surface area contributed by atoms with Crippen molar-refractivity contribution >= 4 is 35.1 Å². The van der Waals surface area contributed by atoms with Gasteiger partial charge >= 0.3 is 0 Å². The van der Waals surface area contributed by atoms with Gasteiger partial charge in [-0.2, -0.15) is 0 Å². The Labute approximate surface area is 190 Å². The summed E-state index contributed by atoms with van der Waals surface area (Å²) in [7, 11) is 0. The summed E-state index contributed by atoms with van der Waals surface area (Å²) in [5.41, 5.74) is 0.659. The number of piperidine rings is 1. The highest BCUT2D eigenvalue weighted by atomic mass is 32.2. The van der Waals surface area contributed by atoms with Gasteiger partial charge in [-0.3, -0.25) is 9.59 Å². The van der Waals surface area contributed by atoms with Crippen molar-refractivity contribution in [3.05, 3.63) is 30.3 Å². The maximum atomic E-state index is 12.4. The maximum Gasteiger partial charge on any atom is 0.234 e. The van der Waals surface area contributed by atoms with Crippen molar-refractivity contribution in [1.82, 2.24) is 15.5 Å². The van der Waals surface area contributed by atoms with E-state index in [1.165, 1.54) is 11.8 Å². The molecule has 1 atom stereocenters. The molecule has 9 nitrogen and oxygen atoms in total. The Morgan fingerprint density at radius 1 is 1.09 bits per heavy atom. The number of aromatic nitrogens is 2. The molecule has 0 unspecified atom stereocenters. The second-order valence-corrected chi connectivity index (χ2v) is 9.20. The van der Waals surface area contributed by atoms with Crippen molar-refractivity contribution in [3.8, 4) is 11.5 Å². The first-order valence-corrected chi connectivity index (χ1v) is 11.8. The summed E-state index contributed by atoms with van der Waals surface area (Å²) in [5.74, 6) is 2.31. The van der Waals surface area contributed by atoms with Gasteiger partial charge in [-0.15, -0.1) is 10.2 Å². The second-order valence-electron chi connectivity index (χ2n) is 8.20. The summed E-state index contributed by atoms with van der Waals surface area (Å²) < 4.78 is 10.6. The number of anilines is 2. The predicted molar refractivity (Wildman–Crippen MR) is 120 cm³/mol. The number of nitrogens with one attached hydrogen (secondary N) is 2. The average Bonchev–Trinajstić information content (AvgIpc) is 3.51. The third-order valence-corrected chi connectivity index (χ3v) is 6.59. The Balaban J connectivity index is 1.11. The van der Waals surface area contributed by atoms with Gasteiger partial charge in [0.15, 0.2) is 17.3 Å². The SMILES string of the molecule is O=C(CSc1ccc(N2CCC[C@H](C(=O)NC3CC3)C2)nn1)Nc1ccc2c(c1)OCO2. The molecule has 1 aromatic carbocycles. The van der Waals surface area contributed by atoms with Gasteiger partial charge in [0.2, 0.25) is 18.6 Å². The lowest BCUT2D eigenvalue weighted by molar-refractivity contribution is -0.125. The number of benzene rings is 1. The first kappa shape index (κ1) is 20.9. The third-order valence-electron chi connectivity index (χ3n) is 5.67. The van der Waals surface area contributed by atoms with Crippen LogP contribution in [-0.2, 0) is 9.59 Å². The van der Waals surface area contributed by atoms with Gasteiger partial charge in [0.05, 0.1) is 11.7 Å². The normalized spacial score (nSPS) is 19.5. The molecular weight excluding hydrogens is 430 g/mol. The van der Waals surface area contributed by atoms with Crippen LogP contribution in [0.15, 0.2) is 35.4 Å². The molecule has 168 valence electrons. The summed E-state index contributed by atoms with van der Waals surface area (Å²) in [6.45, 7) is 1.73. The summed E-state index contributed by atoms with van der Waals surface area (Å²) in [5, 5.41) is 15.2. The summed E-state index contributed by atoms with van der Waals surface area (Å²) in [6, 6.07) is 9.46. The van der Waals surface area contributed by atoms with Gasteiger partial charge in [0.1, 0.15) is 5.03 Å². The van der Waals surface area contributed by atoms with E-state index in [9.17, 15) is 9.59 Å². The Bertz CT molecular complexity index is 998. The molecule has 1 aliphatic carbocycles. The van der Waals surface area contributed by atoms with Gasteiger partial charge < -0.3 is 25.0 Å². The first-order chi connectivity index (χ1) is 15.6. The summed E-state index contributed by atoms with van der Waals surface area (Å²) >= 11 is 1.32. The summed E-state index contributed by atoms with van der Waals surface area (Å²) in [6.07, 6.45) is 4.07. The van der Waals surface area contributed by atoms with Crippen LogP contribution in [0.4, 0.5) is 11.5 Å². The molecule has 2 aliphatic heterocycles. The average molecular weight is 456 g/mol. The molecule has 0 spiro atoms. The number of ether oxygens (including phenoxy) is 2. The molecule has 5 rings (SSSR count). The van der Waals surface area contributed by atoms with E-state index in [0.717, 1.165) is 38.0 Å². The fourth-order valence-electron chi connectivity index (χ4n) is 3.82. The van der Waals surface area contributed by atoms with E-state index in [4.69, 9.17) is 9.47 Å². The highest BCUT2D eigenvalue weighted by Gasteiger charge is 2.31. The molecule has 32 heavy (non-hydrogen) atoms. The molecule has 2 aromatic rings. The van der Waals surface area contributed by atoms with Crippen LogP contribution in [0, 0.1) is 5.92 Å². The Hall–Kier alpha value is -3.01. The van der Waals surface area contributed by atoms with Crippen molar-refractivity contribution in [2.24, 2.45) is 5.92 Å². The number of hydrogen-bond acceptors (Lipinski definition) is 8. The van der Waals surface area contributed by atoms with E-state index < -0.39 is 0 Å². The molecule has 1 saturated carbocycles. The highest BCUT2D eigenvalue weighted by Crippen LogP contribution is 2.34. The number of hydrogen-bond donors (Lipinski definition) is 2. The van der Waals surface area contributed by atoms with Gasteiger partial charge in [-0.05, 0) is 49.9 Å². The fraction of sp³-hybridized carbons (Fsp3) is 0.455. The Morgan fingerprint density at radius 3 is 2.78 bits per heavy atom. The highest BCUT2D eigenvalue weighted by molar-refractivity contribution is 7.99. The van der Waals surface area contributed by atoms with Crippen LogP contribution in [0.3, 0.4) is 0 Å². The lowest BCUT2D eigenvalue weighted by Crippen LogP contribution is -2.44. The van der Waals surface area contributed by atoms with E-state index in [0.29, 0.717) is 34.8 Å². The number of thioether (sulfide) groups is 1. The molecule has 1 saturated heterocycles. The van der Waals surface area contributed by atoms with Crippen molar-refractivity contribution in [1.29, 1.82) is 0 Å². The fourth-order valence-corrected chi connectivity index (χ4v) is 4.43. The second kappa shape index (κ2) is 9.23. The van der Waals surface area contributed by atoms with E-state index in [1.54, 1.807) is 18.2 Å². The third kappa shape index (κ3) is 5.07. The minimum Gasteiger partial charge on any atom is -0.454 e. The van der Waals surface area contributed by atoms with Crippen LogP contribution < -0.4 is 25.0 Å². The maximum absolute atomic E-state index is 12.4. The smallest absolute Gasteiger partial charge is 0.234 e. The zero-order valence-corrected chi connectivity index (χ0v) is 18.4. The van der Waals surface area contributed by atoms with E-state index >= 15 is 0 Å². The molecule has 0 radical (unpaired) electrons. The van der Waals surface area contributed by atoms with Crippen molar-refractivity contribution in [2.75, 3.05) is 35.9 Å². The molecule has 2 amide bonds. The monoisotopic (exact) mass is 455 g/mol. The number of amides is 2. The zero-order chi connectivity index (χ0) is 21.9. The molecule has 2 fully saturated rings. The van der Waals surface area contributed by atoms with E-state index in [-0.39, 0.29) is 30.3 Å². The zero-order valence-electron chi connectivity index (χ0n) is 17.6. The van der Waals surface area contributed by atoms with Crippen LogP contribution >= 0.6 is 11.8 Å². The van der Waals surface area contributed by atoms with Gasteiger partial charge in [-0.25, -0.2) is 0 Å². The molecule has 2 N–H and O–H groups in total. The van der Waals surface area contributed by atoms with Crippen LogP contribution in [0.1, 0.15) is 25.7 Å². The standard InChI is InChI=1S/C22H25N5O4S/c28-20(23-16-5-6-17-18(10-16)31-13-30-17)12-32-21-8-7-19(25-26-21)27-9-1-2-14(11-27)22(29)24-15-3-4-15/h5-8,10,14-15H,1-4,9,11-13H2,(H,23,28)(H,24,29)/t14-/m0/s1. The minimum atomic E-state index is -0.139. The number of fused-ring (bicyclic) bond motifs is 1. The predicted octanol–water partition coefficient (Wildman–Crippen LogP) is 2.43. The first-order valence-electron chi connectivity index (χ1n) is 10.9. The van der Waals surface area contributed by atoms with Gasteiger partial charge in [0.25, 0.3) is 0 Å². The van der Waals surface area contributed by atoms with Crippen LogP contribution in [0.2, 0.25) is 0 Å². The molecule has 1 aromatic heterocycles. The number of carbonyl (C=O) groups excluding carboxylic acids is 2. The molecule has 3 heterocycles. The minimum absolute atomic E-state index is 0.0000712. The van der Waals surface area contributed by atoms with Crippen molar-refractivity contribution < 1.29 is 19.1 Å². The van der Waals surface area contributed by atoms with Crippen molar-refractivity contribution in [2.45, 2.75) is 36.8 Å². The largest absolute Gasteiger partial charge is 0.454 e. The quantitative estimate of drug-likeness (QED) is 0.614. The number of carbonyl (C=O) groups is 2.